The second-order valence-electron chi connectivity index (χ2n) is 2.74. The molecular weight excluding hydrogens is 208 g/mol. The van der Waals surface area contributed by atoms with Gasteiger partial charge in [-0.2, -0.15) is 0 Å². The van der Waals surface area contributed by atoms with Crippen LogP contribution < -0.4 is 0 Å². The number of ether oxygens (including phenoxy) is 3. The second-order valence-corrected chi connectivity index (χ2v) is 3.04. The van der Waals surface area contributed by atoms with Crippen LogP contribution in [0.15, 0.2) is 0 Å². The first-order chi connectivity index (χ1) is 6.70. The summed E-state index contributed by atoms with van der Waals surface area (Å²) >= 11 is 5.34. The Balaban J connectivity index is 3.23. The third-order valence-electron chi connectivity index (χ3n) is 1.43. The SMILES string of the molecule is [CH2]COCCOC(C)COC(O)CCl. The fourth-order valence-electron chi connectivity index (χ4n) is 0.750. The van der Waals surface area contributed by atoms with Crippen molar-refractivity contribution in [3.8, 4) is 0 Å². The lowest BCUT2D eigenvalue weighted by Gasteiger charge is -2.15. The lowest BCUT2D eigenvalue weighted by atomic mass is 10.4. The molecule has 0 aliphatic carbocycles. The van der Waals surface area contributed by atoms with E-state index in [-0.39, 0.29) is 12.0 Å². The maximum Gasteiger partial charge on any atom is 0.168 e. The predicted octanol–water partition coefficient (Wildman–Crippen LogP) is 0.816. The molecule has 0 spiro atoms. The van der Waals surface area contributed by atoms with Crippen molar-refractivity contribution >= 4 is 11.6 Å². The highest BCUT2D eigenvalue weighted by Gasteiger charge is 2.06. The van der Waals surface area contributed by atoms with E-state index in [1.165, 1.54) is 0 Å². The molecule has 0 amide bonds. The number of rotatable bonds is 9. The molecule has 5 heteroatoms. The minimum absolute atomic E-state index is 0.0668. The second kappa shape index (κ2) is 9.68. The summed E-state index contributed by atoms with van der Waals surface area (Å²) in [6, 6.07) is 0. The van der Waals surface area contributed by atoms with E-state index in [1.54, 1.807) is 0 Å². The minimum Gasteiger partial charge on any atom is -0.379 e. The average Bonchev–Trinajstić information content (AvgIpc) is 2.21. The number of alkyl halides is 1. The molecule has 0 fully saturated rings. The van der Waals surface area contributed by atoms with Crippen molar-refractivity contribution in [2.24, 2.45) is 0 Å². The monoisotopic (exact) mass is 225 g/mol. The van der Waals surface area contributed by atoms with Gasteiger partial charge in [0.15, 0.2) is 6.29 Å². The fraction of sp³-hybridized carbons (Fsp3) is 0.889. The molecule has 0 aliphatic heterocycles. The van der Waals surface area contributed by atoms with Crippen molar-refractivity contribution < 1.29 is 19.3 Å². The minimum atomic E-state index is -0.918. The summed E-state index contributed by atoms with van der Waals surface area (Å²) in [6.45, 7) is 7.15. The van der Waals surface area contributed by atoms with E-state index in [1.807, 2.05) is 6.92 Å². The van der Waals surface area contributed by atoms with E-state index in [0.717, 1.165) is 0 Å². The van der Waals surface area contributed by atoms with Crippen LogP contribution in [0.2, 0.25) is 0 Å². The fourth-order valence-corrected chi connectivity index (χ4v) is 0.839. The summed E-state index contributed by atoms with van der Waals surface area (Å²) in [7, 11) is 0. The molecule has 0 bridgehead atoms. The van der Waals surface area contributed by atoms with E-state index >= 15 is 0 Å². The van der Waals surface area contributed by atoms with Crippen LogP contribution >= 0.6 is 11.6 Å². The smallest absolute Gasteiger partial charge is 0.168 e. The average molecular weight is 226 g/mol. The molecule has 2 atom stereocenters. The summed E-state index contributed by atoms with van der Waals surface area (Å²) in [5.41, 5.74) is 0. The van der Waals surface area contributed by atoms with Gasteiger partial charge in [0.25, 0.3) is 0 Å². The number of halogens is 1. The van der Waals surface area contributed by atoms with E-state index < -0.39 is 6.29 Å². The zero-order valence-electron chi connectivity index (χ0n) is 8.45. The Morgan fingerprint density at radius 3 is 2.64 bits per heavy atom. The van der Waals surface area contributed by atoms with Crippen molar-refractivity contribution in [1.82, 2.24) is 0 Å². The highest BCUT2D eigenvalue weighted by atomic mass is 35.5. The van der Waals surface area contributed by atoms with Crippen molar-refractivity contribution in [2.45, 2.75) is 19.3 Å². The van der Waals surface area contributed by atoms with Crippen LogP contribution in [0.4, 0.5) is 0 Å². The van der Waals surface area contributed by atoms with Gasteiger partial charge >= 0.3 is 0 Å². The molecule has 85 valence electrons. The van der Waals surface area contributed by atoms with Crippen LogP contribution in [0.5, 0.6) is 0 Å². The van der Waals surface area contributed by atoms with E-state index in [9.17, 15) is 0 Å². The maximum absolute atomic E-state index is 8.97. The Hall–Kier alpha value is 0.130. The zero-order valence-corrected chi connectivity index (χ0v) is 9.20. The summed E-state index contributed by atoms with van der Waals surface area (Å²) in [5, 5.41) is 8.97. The quantitative estimate of drug-likeness (QED) is 0.359. The van der Waals surface area contributed by atoms with Gasteiger partial charge in [-0.3, -0.25) is 0 Å². The van der Waals surface area contributed by atoms with Gasteiger partial charge in [0.2, 0.25) is 0 Å². The summed E-state index contributed by atoms with van der Waals surface area (Å²) in [5.74, 6) is 0.0668. The third-order valence-corrected chi connectivity index (χ3v) is 1.69. The molecule has 4 nitrogen and oxygen atoms in total. The lowest BCUT2D eigenvalue weighted by molar-refractivity contribution is -0.118. The number of hydrogen-bond acceptors (Lipinski definition) is 4. The summed E-state index contributed by atoms with van der Waals surface area (Å²) in [6.07, 6.45) is -1.000. The Morgan fingerprint density at radius 2 is 2.07 bits per heavy atom. The summed E-state index contributed by atoms with van der Waals surface area (Å²) < 4.78 is 15.2. The largest absolute Gasteiger partial charge is 0.379 e. The Morgan fingerprint density at radius 1 is 1.36 bits per heavy atom. The van der Waals surface area contributed by atoms with Gasteiger partial charge < -0.3 is 19.3 Å². The van der Waals surface area contributed by atoms with Gasteiger partial charge in [-0.05, 0) is 13.8 Å². The molecule has 0 aliphatic rings. The Labute approximate surface area is 90.1 Å². The van der Waals surface area contributed by atoms with Crippen LogP contribution in [-0.4, -0.2) is 49.8 Å². The van der Waals surface area contributed by atoms with Crippen molar-refractivity contribution in [3.63, 3.8) is 0 Å². The van der Waals surface area contributed by atoms with Gasteiger partial charge in [0.1, 0.15) is 0 Å². The van der Waals surface area contributed by atoms with Gasteiger partial charge in [-0.1, -0.05) is 0 Å². The summed E-state index contributed by atoms with van der Waals surface area (Å²) in [4.78, 5) is 0. The lowest BCUT2D eigenvalue weighted by Crippen LogP contribution is -2.23. The Bertz CT molecular complexity index is 123. The highest BCUT2D eigenvalue weighted by Crippen LogP contribution is 1.96. The van der Waals surface area contributed by atoms with E-state index in [0.29, 0.717) is 26.4 Å². The van der Waals surface area contributed by atoms with Gasteiger partial charge in [0.05, 0.1) is 31.8 Å². The maximum atomic E-state index is 8.97. The molecule has 0 aromatic carbocycles. The van der Waals surface area contributed by atoms with E-state index in [2.05, 4.69) is 6.92 Å². The molecule has 14 heavy (non-hydrogen) atoms. The van der Waals surface area contributed by atoms with Gasteiger partial charge in [0, 0.05) is 6.61 Å². The molecule has 0 aromatic rings. The highest BCUT2D eigenvalue weighted by molar-refractivity contribution is 6.18. The molecule has 0 aromatic heterocycles. The number of hydrogen-bond donors (Lipinski definition) is 1. The third kappa shape index (κ3) is 8.72. The van der Waals surface area contributed by atoms with Crippen LogP contribution in [0.3, 0.4) is 0 Å². The van der Waals surface area contributed by atoms with Crippen LogP contribution in [0.25, 0.3) is 0 Å². The molecule has 1 radical (unpaired) electrons. The van der Waals surface area contributed by atoms with Crippen LogP contribution in [0.1, 0.15) is 6.92 Å². The topological polar surface area (TPSA) is 47.9 Å². The normalized spacial score (nSPS) is 15.4. The zero-order chi connectivity index (χ0) is 10.8. The molecule has 0 saturated heterocycles. The van der Waals surface area contributed by atoms with Crippen molar-refractivity contribution in [2.75, 3.05) is 32.3 Å². The van der Waals surface area contributed by atoms with Gasteiger partial charge in [-0.25, -0.2) is 0 Å². The molecule has 0 heterocycles. The van der Waals surface area contributed by atoms with Crippen molar-refractivity contribution in [1.29, 1.82) is 0 Å². The first-order valence-electron chi connectivity index (χ1n) is 4.55. The molecular formula is C9H18ClO4. The van der Waals surface area contributed by atoms with Crippen LogP contribution in [0, 0.1) is 6.92 Å². The molecule has 1 N–H and O–H groups in total. The number of aliphatic hydroxyl groups excluding tert-OH is 1. The predicted molar refractivity (Wildman–Crippen MR) is 54.3 cm³/mol. The standard InChI is InChI=1S/C9H18ClO4/c1-3-12-4-5-13-8(2)7-14-9(11)6-10/h8-9,11H,1,3-7H2,2H3. The van der Waals surface area contributed by atoms with E-state index in [4.69, 9.17) is 30.9 Å². The molecule has 2 unspecified atom stereocenters. The van der Waals surface area contributed by atoms with Crippen molar-refractivity contribution in [3.05, 3.63) is 6.92 Å². The number of aliphatic hydroxyl groups is 1. The molecule has 0 saturated carbocycles. The Kier molecular flexibility index (Phi) is 9.77. The van der Waals surface area contributed by atoms with Gasteiger partial charge in [-0.15, -0.1) is 11.6 Å². The molecule has 0 rings (SSSR count). The van der Waals surface area contributed by atoms with Crippen LogP contribution in [-0.2, 0) is 14.2 Å². The first kappa shape index (κ1) is 14.1. The first-order valence-corrected chi connectivity index (χ1v) is 5.08.